The van der Waals surface area contributed by atoms with Crippen LogP contribution in [-0.2, 0) is 58.1 Å². The number of aryl methyl sites for hydroxylation is 5. The maximum atomic E-state index is 10.5. The van der Waals surface area contributed by atoms with Crippen LogP contribution in [0.2, 0.25) is 0 Å². The lowest BCUT2D eigenvalue weighted by Crippen LogP contribution is -2.19. The summed E-state index contributed by atoms with van der Waals surface area (Å²) in [6, 6.07) is 71.7. The third kappa shape index (κ3) is 27.2. The Morgan fingerprint density at radius 2 is 0.828 bits per heavy atom. The van der Waals surface area contributed by atoms with Gasteiger partial charge in [-0.05, 0) is 232 Å². The number of phenolic OH excluding ortho intramolecular Hbond substituents is 2. The van der Waals surface area contributed by atoms with Crippen LogP contribution in [0.1, 0.15) is 164 Å². The average Bonchev–Trinajstić information content (AvgIpc) is 1.61. The Hall–Kier alpha value is -8.01. The van der Waals surface area contributed by atoms with Gasteiger partial charge in [-0.15, -0.1) is 0 Å². The van der Waals surface area contributed by atoms with E-state index in [1.807, 2.05) is 69.3 Å². The van der Waals surface area contributed by atoms with E-state index < -0.39 is 10.1 Å². The van der Waals surface area contributed by atoms with E-state index in [9.17, 15) is 13.0 Å². The average molecular weight is 1380 g/mol. The topological polar surface area (TPSA) is 164 Å². The second-order valence-corrected chi connectivity index (χ2v) is 28.4. The third-order valence-corrected chi connectivity index (χ3v) is 21.1. The summed E-state index contributed by atoms with van der Waals surface area (Å²) in [5, 5.41) is 29.5. The number of hydrogen-bond donors (Lipinski definition) is 3. The molecule has 0 radical (unpaired) electrons. The first-order chi connectivity index (χ1) is 48.1. The number of phenols is 2. The van der Waals surface area contributed by atoms with Crippen LogP contribution in [-0.4, -0.2) is 67.3 Å². The number of fused-ring (bicyclic) bond motifs is 3. The smallest absolute Gasteiger partial charge is 0.197 e. The Labute approximate surface area is 593 Å². The number of aromatic hydroxyl groups is 2. The lowest BCUT2D eigenvalue weighted by Gasteiger charge is -2.22. The van der Waals surface area contributed by atoms with Crippen LogP contribution in [0.15, 0.2) is 223 Å². The van der Waals surface area contributed by atoms with Gasteiger partial charge in [0.05, 0.1) is 18.1 Å². The number of thiophene rings is 1. The van der Waals surface area contributed by atoms with Crippen LogP contribution < -0.4 is 14.2 Å². The molecule has 2 unspecified atom stereocenters. The fraction of sp³-hybridized carbons (Fsp3) is 0.372. The fourth-order valence-corrected chi connectivity index (χ4v) is 14.8. The molecule has 0 saturated heterocycles. The number of rotatable bonds is 23. The van der Waals surface area contributed by atoms with Gasteiger partial charge in [-0.2, -0.15) is 0 Å². The van der Waals surface area contributed by atoms with Crippen molar-refractivity contribution in [3.8, 4) is 33.6 Å². The van der Waals surface area contributed by atoms with Crippen LogP contribution in [0, 0.1) is 5.92 Å². The molecule has 0 spiro atoms. The van der Waals surface area contributed by atoms with Crippen molar-refractivity contribution < 1.29 is 52.0 Å². The first-order valence-electron chi connectivity index (χ1n) is 35.8. The van der Waals surface area contributed by atoms with Crippen LogP contribution in [0.25, 0.3) is 25.1 Å². The zero-order chi connectivity index (χ0) is 70.6. The Balaban J connectivity index is 0.000000175. The molecule has 0 aliphatic heterocycles. The van der Waals surface area contributed by atoms with Gasteiger partial charge in [-0.25, -0.2) is 8.42 Å². The van der Waals surface area contributed by atoms with E-state index in [-0.39, 0.29) is 34.6 Å². The van der Waals surface area contributed by atoms with Gasteiger partial charge < -0.3 is 43.6 Å². The predicted molar refractivity (Wildman–Crippen MR) is 407 cm³/mol. The number of benzene rings is 9. The molecule has 11 nitrogen and oxygen atoms in total. The van der Waals surface area contributed by atoms with Gasteiger partial charge in [0.25, 0.3) is 0 Å². The first kappa shape index (κ1) is 78.3. The highest BCUT2D eigenvalue weighted by molar-refractivity contribution is 7.85. The van der Waals surface area contributed by atoms with Gasteiger partial charge in [0, 0.05) is 27.8 Å². The van der Waals surface area contributed by atoms with Crippen molar-refractivity contribution in [1.82, 2.24) is 0 Å². The molecule has 0 bridgehead atoms. The van der Waals surface area contributed by atoms with Crippen molar-refractivity contribution >= 4 is 40.8 Å². The molecule has 2 atom stereocenters. The summed E-state index contributed by atoms with van der Waals surface area (Å²) in [5.41, 5.74) is 8.81. The van der Waals surface area contributed by atoms with Gasteiger partial charge >= 0.3 is 0 Å². The number of aliphatic hydroxyl groups is 1. The molecule has 528 valence electrons. The normalized spacial score (nSPS) is 13.6. The predicted octanol–water partition coefficient (Wildman–Crippen LogP) is 21.4. The molecule has 9 aromatic carbocycles. The van der Waals surface area contributed by atoms with Gasteiger partial charge in [-0.1, -0.05) is 195 Å². The molecule has 99 heavy (non-hydrogen) atoms. The molecular weight excluding hydrogens is 1270 g/mol. The molecule has 1 aromatic heterocycles. The van der Waals surface area contributed by atoms with Crippen molar-refractivity contribution in [1.29, 1.82) is 0 Å². The molecule has 2 fully saturated rings. The monoisotopic (exact) mass is 1380 g/mol. The van der Waals surface area contributed by atoms with Gasteiger partial charge in [0.2, 0.25) is 0 Å². The van der Waals surface area contributed by atoms with Crippen molar-refractivity contribution in [2.75, 3.05) is 26.4 Å². The quantitative estimate of drug-likeness (QED) is 0.0242. The lowest BCUT2D eigenvalue weighted by atomic mass is 9.84. The number of ether oxygens (including phenoxy) is 5. The molecule has 3 N–H and O–H groups in total. The zero-order valence-electron chi connectivity index (χ0n) is 59.4. The molecule has 0 amide bonds. The van der Waals surface area contributed by atoms with Gasteiger partial charge in [0.15, 0.2) is 26.9 Å². The fourth-order valence-electron chi connectivity index (χ4n) is 12.0. The third-order valence-electron chi connectivity index (χ3n) is 17.9. The molecule has 13 heteroatoms. The Bertz CT molecular complexity index is 3840. The zero-order valence-corrected chi connectivity index (χ0v) is 61.0. The molecule has 2 saturated carbocycles. The molecule has 12 rings (SSSR count). The van der Waals surface area contributed by atoms with E-state index in [0.29, 0.717) is 24.7 Å². The second kappa shape index (κ2) is 42.8. The summed E-state index contributed by atoms with van der Waals surface area (Å²) >= 11 is 0. The van der Waals surface area contributed by atoms with Crippen LogP contribution in [0.5, 0.6) is 28.7 Å². The van der Waals surface area contributed by atoms with Crippen molar-refractivity contribution in [2.45, 2.75) is 181 Å². The number of aliphatic hydroxyl groups excluding tert-OH is 1. The Kier molecular flexibility index (Phi) is 33.9. The SMILES string of the molecule is CCc1ccc(O)cc1.CCc1ccc(O)cc1.CCc1ccc(OC(C)OCCC2CCCCC2)cc1.CCc1ccc(OC(C)OCCOc2ccc(C3CCCCC3)cc2)cc1.CCc1ccc(S(=O)(=O)[O-])cc1.OCCc1ccc(-[s+]2c3ccccc3c3ccccc32)cc1. The van der Waals surface area contributed by atoms with Crippen LogP contribution in [0.3, 0.4) is 0 Å². The highest BCUT2D eigenvalue weighted by Gasteiger charge is 2.23. The summed E-state index contributed by atoms with van der Waals surface area (Å²) in [4.78, 5) is 1.18. The largest absolute Gasteiger partial charge is 0.744 e. The molecule has 1 heterocycles. The lowest BCUT2D eigenvalue weighted by molar-refractivity contribution is -0.0739. The summed E-state index contributed by atoms with van der Waals surface area (Å²) in [5.74, 6) is 4.92. The Morgan fingerprint density at radius 3 is 1.25 bits per heavy atom. The van der Waals surface area contributed by atoms with E-state index in [2.05, 4.69) is 149 Å². The standard InChI is InChI=1S/C24H32O3.C20H17OS.C18H28O2.C8H10O3S.2C8H10O/c1-3-20-9-13-24(14-10-20)27-19(2)25-17-18-26-23-15-11-22(12-16-23)21-7-5-4-6-8-21;21-14-13-15-9-11-16(12-10-15)22-19-7-3-1-5-17(19)18-6-2-4-8-20(18)22;1-3-16-9-11-18(12-10-16)20-15(2)19-14-13-17-7-5-4-6-8-17;1-2-7-3-5-8(6-4-7)12(9,10)11;2*1-2-7-3-5-8(9)6-4-7/h9-16,19,21H,3-8,17-18H2,1-2H3;1-12,21H,13-14H2;9-12,15,17H,3-8,13-14H2,1-2H3;3-6H,2H2,1H3,(H,9,10,11);2*3-6,9H,2H2,1H3/q;+1;;;;/p-1. The maximum absolute atomic E-state index is 10.5. The summed E-state index contributed by atoms with van der Waals surface area (Å²) in [7, 11) is -4.29. The summed E-state index contributed by atoms with van der Waals surface area (Å²) < 4.78 is 63.1. The maximum Gasteiger partial charge on any atom is 0.197 e. The number of hydrogen-bond acceptors (Lipinski definition) is 11. The summed E-state index contributed by atoms with van der Waals surface area (Å²) in [6.45, 7) is 16.4. The minimum atomic E-state index is -4.28. The van der Waals surface area contributed by atoms with Gasteiger partial charge in [-0.3, -0.25) is 0 Å². The van der Waals surface area contributed by atoms with Crippen molar-refractivity contribution in [3.63, 3.8) is 0 Å². The minimum Gasteiger partial charge on any atom is -0.744 e. The first-order valence-corrected chi connectivity index (χ1v) is 38.4. The molecule has 2 aliphatic rings. The molecule has 10 aromatic rings. The highest BCUT2D eigenvalue weighted by Crippen LogP contribution is 2.48. The van der Waals surface area contributed by atoms with Crippen LogP contribution >= 0.6 is 10.5 Å². The van der Waals surface area contributed by atoms with E-state index in [1.165, 1.54) is 141 Å². The molecular formula is C86H106O11S2. The van der Waals surface area contributed by atoms with E-state index in [0.717, 1.165) is 79.8 Å². The van der Waals surface area contributed by atoms with E-state index in [1.54, 1.807) is 36.4 Å². The second-order valence-electron chi connectivity index (χ2n) is 25.1. The van der Waals surface area contributed by atoms with Crippen molar-refractivity contribution in [3.05, 3.63) is 257 Å². The minimum absolute atomic E-state index is 0.0153. The van der Waals surface area contributed by atoms with E-state index in [4.69, 9.17) is 39.0 Å². The summed E-state index contributed by atoms with van der Waals surface area (Å²) in [6.07, 6.45) is 20.2. The Morgan fingerprint density at radius 1 is 0.444 bits per heavy atom. The van der Waals surface area contributed by atoms with E-state index >= 15 is 0 Å². The van der Waals surface area contributed by atoms with Crippen molar-refractivity contribution in [2.24, 2.45) is 5.92 Å². The van der Waals surface area contributed by atoms with Crippen LogP contribution in [0.4, 0.5) is 0 Å². The molecule has 2 aliphatic carbocycles. The highest BCUT2D eigenvalue weighted by atomic mass is 32.2. The van der Waals surface area contributed by atoms with Gasteiger partial charge in [0.1, 0.15) is 45.5 Å².